The zero-order chi connectivity index (χ0) is 21.3. The Labute approximate surface area is 174 Å². The number of nitrogens with one attached hydrogen (secondary N) is 1. The van der Waals surface area contributed by atoms with E-state index in [4.69, 9.17) is 14.0 Å². The molecule has 0 aliphatic carbocycles. The van der Waals surface area contributed by atoms with Crippen molar-refractivity contribution in [2.75, 3.05) is 51.8 Å². The van der Waals surface area contributed by atoms with E-state index in [-0.39, 0.29) is 12.6 Å². The molecule has 1 atom stereocenters. The van der Waals surface area contributed by atoms with Crippen LogP contribution in [-0.4, -0.2) is 68.2 Å². The number of carbonyl (C=O) groups excluding carboxylic acids is 1. The van der Waals surface area contributed by atoms with E-state index >= 15 is 0 Å². The number of rotatable bonds is 13. The van der Waals surface area contributed by atoms with Gasteiger partial charge >= 0.3 is 12.7 Å². The highest BCUT2D eigenvalue weighted by Crippen LogP contribution is 2.58. The molecule has 0 aromatic rings. The van der Waals surface area contributed by atoms with Crippen LogP contribution in [0, 0.1) is 5.41 Å². The van der Waals surface area contributed by atoms with Crippen molar-refractivity contribution < 1.29 is 23.4 Å². The molecule has 0 radical (unpaired) electrons. The van der Waals surface area contributed by atoms with E-state index in [1.807, 2.05) is 41.5 Å². The summed E-state index contributed by atoms with van der Waals surface area (Å²) in [5, 5.41) is 2.96. The fourth-order valence-corrected chi connectivity index (χ4v) is 6.68. The molecule has 28 heavy (non-hydrogen) atoms. The zero-order valence-corrected chi connectivity index (χ0v) is 20.1. The van der Waals surface area contributed by atoms with Crippen LogP contribution in [0.3, 0.4) is 0 Å². The number of carbonyl (C=O) groups is 1. The van der Waals surface area contributed by atoms with Crippen LogP contribution in [0.1, 0.15) is 54.4 Å². The minimum absolute atomic E-state index is 0.213. The first-order valence-electron chi connectivity index (χ1n) is 10.2. The number of ether oxygens (including phenoxy) is 2. The summed E-state index contributed by atoms with van der Waals surface area (Å²) in [6, 6.07) is 0. The first-order valence-corrected chi connectivity index (χ1v) is 13.4. The molecular weight excluding hydrogens is 399 g/mol. The third kappa shape index (κ3) is 9.59. The maximum absolute atomic E-state index is 13.0. The third-order valence-corrected chi connectivity index (χ3v) is 9.16. The number of nitrogens with zero attached hydrogens (tertiary/aromatic N) is 1. The summed E-state index contributed by atoms with van der Waals surface area (Å²) in [4.78, 5) is 14.8. The quantitative estimate of drug-likeness (QED) is 0.263. The first kappa shape index (κ1) is 25.9. The number of esters is 1. The number of hydrogen-bond donors (Lipinski definition) is 1. The van der Waals surface area contributed by atoms with Crippen molar-refractivity contribution in [3.8, 4) is 0 Å². The van der Waals surface area contributed by atoms with Crippen molar-refractivity contribution in [3.05, 3.63) is 0 Å². The molecule has 0 aromatic carbocycles. The zero-order valence-electron chi connectivity index (χ0n) is 18.4. The Morgan fingerprint density at radius 2 is 1.86 bits per heavy atom. The van der Waals surface area contributed by atoms with Gasteiger partial charge in [0.25, 0.3) is 0 Å². The second-order valence-corrected chi connectivity index (χ2v) is 12.6. The van der Waals surface area contributed by atoms with Crippen LogP contribution in [0.4, 0.5) is 0 Å². The Bertz CT molecular complexity index is 524. The molecular formula is C19H39N2O5PS. The van der Waals surface area contributed by atoms with E-state index in [9.17, 15) is 9.36 Å². The number of morpholine rings is 1. The van der Waals surface area contributed by atoms with Gasteiger partial charge in [-0.05, 0) is 47.1 Å². The van der Waals surface area contributed by atoms with E-state index in [0.717, 1.165) is 45.7 Å². The summed E-state index contributed by atoms with van der Waals surface area (Å²) in [6.07, 6.45) is 1.50. The van der Waals surface area contributed by atoms with E-state index in [2.05, 4.69) is 9.99 Å². The Kier molecular flexibility index (Phi) is 11.0. The van der Waals surface area contributed by atoms with Gasteiger partial charge in [-0.1, -0.05) is 25.2 Å². The van der Waals surface area contributed by atoms with E-state index in [0.29, 0.717) is 12.3 Å². The maximum atomic E-state index is 13.0. The largest absolute Gasteiger partial charge is 0.464 e. The van der Waals surface area contributed by atoms with Gasteiger partial charge in [0.15, 0.2) is 0 Å². The van der Waals surface area contributed by atoms with Gasteiger partial charge in [0.2, 0.25) is 0 Å². The molecule has 7 nitrogen and oxygen atoms in total. The van der Waals surface area contributed by atoms with Gasteiger partial charge < -0.3 is 14.0 Å². The minimum Gasteiger partial charge on any atom is -0.464 e. The van der Waals surface area contributed by atoms with Crippen molar-refractivity contribution in [3.63, 3.8) is 0 Å². The lowest BCUT2D eigenvalue weighted by molar-refractivity contribution is -0.153. The van der Waals surface area contributed by atoms with Crippen LogP contribution >= 0.6 is 18.1 Å². The van der Waals surface area contributed by atoms with Crippen LogP contribution in [0.15, 0.2) is 0 Å². The molecule has 166 valence electrons. The number of hydrogen-bond acceptors (Lipinski definition) is 7. The molecule has 9 heteroatoms. The lowest BCUT2D eigenvalue weighted by atomic mass is 9.89. The van der Waals surface area contributed by atoms with Crippen molar-refractivity contribution in [2.45, 2.75) is 60.0 Å². The predicted molar refractivity (Wildman–Crippen MR) is 116 cm³/mol. The van der Waals surface area contributed by atoms with Crippen molar-refractivity contribution in [1.29, 1.82) is 0 Å². The smallest absolute Gasteiger partial charge is 0.327 e. The Morgan fingerprint density at radius 3 is 2.43 bits per heavy atom. The highest BCUT2D eigenvalue weighted by Gasteiger charge is 2.33. The molecule has 0 saturated carbocycles. The predicted octanol–water partition coefficient (Wildman–Crippen LogP) is 3.93. The van der Waals surface area contributed by atoms with Gasteiger partial charge in [-0.25, -0.2) is 5.09 Å². The molecule has 0 spiro atoms. The normalized spacial score (nSPS) is 18.6. The van der Waals surface area contributed by atoms with Crippen molar-refractivity contribution in [1.82, 2.24) is 9.99 Å². The summed E-state index contributed by atoms with van der Waals surface area (Å²) in [5.41, 5.74) is -1.02. The summed E-state index contributed by atoms with van der Waals surface area (Å²) in [7, 11) is 0. The molecule has 0 amide bonds. The Balaban J connectivity index is 2.40. The lowest BCUT2D eigenvalue weighted by Crippen LogP contribution is -2.39. The van der Waals surface area contributed by atoms with E-state index in [1.165, 1.54) is 11.4 Å². The van der Waals surface area contributed by atoms with Gasteiger partial charge in [-0.2, -0.15) is 0 Å². The average Bonchev–Trinajstić information content (AvgIpc) is 2.64. The van der Waals surface area contributed by atoms with E-state index < -0.39 is 17.7 Å². The second-order valence-electron chi connectivity index (χ2n) is 8.27. The molecule has 1 aliphatic heterocycles. The highest BCUT2D eigenvalue weighted by molar-refractivity contribution is 8.56. The van der Waals surface area contributed by atoms with Gasteiger partial charge in [0.05, 0.1) is 24.2 Å². The van der Waals surface area contributed by atoms with E-state index in [1.54, 1.807) is 0 Å². The SMILES string of the molecule is CCNP(=O)(OC(C)(C)CC)SCCOC(=O)C(C)(C)CCN1CCOCC1. The van der Waals surface area contributed by atoms with Gasteiger partial charge in [-0.3, -0.25) is 14.3 Å². The minimum atomic E-state index is -3.03. The van der Waals surface area contributed by atoms with Gasteiger partial charge in [-0.15, -0.1) is 0 Å². The Hall–Kier alpha value is -0.110. The van der Waals surface area contributed by atoms with Crippen molar-refractivity contribution >= 4 is 24.1 Å². The first-order chi connectivity index (χ1) is 13.0. The highest BCUT2D eigenvalue weighted by atomic mass is 32.7. The average molecular weight is 439 g/mol. The fraction of sp³-hybridized carbons (Fsp3) is 0.947. The van der Waals surface area contributed by atoms with Crippen molar-refractivity contribution in [2.24, 2.45) is 5.41 Å². The van der Waals surface area contributed by atoms with Gasteiger partial charge in [0, 0.05) is 25.4 Å². The summed E-state index contributed by atoms with van der Waals surface area (Å²) < 4.78 is 29.6. The van der Waals surface area contributed by atoms with Crippen LogP contribution in [0.25, 0.3) is 0 Å². The van der Waals surface area contributed by atoms with Crippen LogP contribution in [0.2, 0.25) is 0 Å². The molecule has 1 fully saturated rings. The lowest BCUT2D eigenvalue weighted by Gasteiger charge is -2.30. The summed E-state index contributed by atoms with van der Waals surface area (Å²) in [6.45, 7) is 13.5. The monoisotopic (exact) mass is 438 g/mol. The standard InChI is InChI=1S/C19H39N2O5PS/c1-7-19(5,6)26-27(23,20-8-2)28-16-15-25-17(22)18(3,4)9-10-21-11-13-24-14-12-21/h7-16H2,1-6H3,(H,20,23). The molecule has 1 unspecified atom stereocenters. The second kappa shape index (κ2) is 11.9. The molecule has 1 heterocycles. The van der Waals surface area contributed by atoms with Crippen LogP contribution < -0.4 is 5.09 Å². The maximum Gasteiger partial charge on any atom is 0.327 e. The third-order valence-electron chi connectivity index (χ3n) is 4.86. The fourth-order valence-electron chi connectivity index (χ4n) is 2.54. The Morgan fingerprint density at radius 1 is 1.21 bits per heavy atom. The molecule has 0 bridgehead atoms. The topological polar surface area (TPSA) is 77.1 Å². The van der Waals surface area contributed by atoms with Crippen LogP contribution in [-0.2, 0) is 23.4 Å². The molecule has 1 N–H and O–H groups in total. The molecule has 1 rings (SSSR count). The molecule has 1 saturated heterocycles. The van der Waals surface area contributed by atoms with Crippen LogP contribution in [0.5, 0.6) is 0 Å². The summed E-state index contributed by atoms with van der Waals surface area (Å²) in [5.74, 6) is 0.212. The molecule has 0 aromatic heterocycles. The van der Waals surface area contributed by atoms with Gasteiger partial charge in [0.1, 0.15) is 6.61 Å². The summed E-state index contributed by atoms with van der Waals surface area (Å²) >= 11 is 1.20. The molecule has 1 aliphatic rings.